The first-order valence-electron chi connectivity index (χ1n) is 9.58. The number of nitro benzene ring substituents is 1. The summed E-state index contributed by atoms with van der Waals surface area (Å²) in [5, 5.41) is 20.7. The largest absolute Gasteiger partial charge is 0.480 e. The molecule has 1 amide bonds. The summed E-state index contributed by atoms with van der Waals surface area (Å²) in [6, 6.07) is 7.08. The number of carboxylic acids is 1. The van der Waals surface area contributed by atoms with Gasteiger partial charge in [0.1, 0.15) is 21.9 Å². The highest BCUT2D eigenvalue weighted by atomic mass is 32.2. The average Bonchev–Trinajstić information content (AvgIpc) is 3.28. The number of thioether (sulfide) groups is 1. The highest BCUT2D eigenvalue weighted by molar-refractivity contribution is 8.26. The summed E-state index contributed by atoms with van der Waals surface area (Å²) in [5.41, 5.74) is 1.07. The molecule has 0 spiro atoms. The number of hydrogen-bond acceptors (Lipinski definition) is 7. The van der Waals surface area contributed by atoms with Crippen molar-refractivity contribution in [3.8, 4) is 11.3 Å². The fourth-order valence-corrected chi connectivity index (χ4v) is 4.52. The lowest BCUT2D eigenvalue weighted by molar-refractivity contribution is -0.385. The summed E-state index contributed by atoms with van der Waals surface area (Å²) in [7, 11) is 0. The number of unbranched alkanes of at least 4 members (excludes halogenated alkanes) is 1. The van der Waals surface area contributed by atoms with Crippen molar-refractivity contribution in [3.05, 3.63) is 56.7 Å². The number of nitro groups is 1. The Labute approximate surface area is 188 Å². The zero-order valence-corrected chi connectivity index (χ0v) is 18.5. The van der Waals surface area contributed by atoms with E-state index >= 15 is 0 Å². The van der Waals surface area contributed by atoms with E-state index in [0.717, 1.165) is 23.1 Å². The number of carbonyl (C=O) groups excluding carboxylic acids is 1. The van der Waals surface area contributed by atoms with E-state index in [0.29, 0.717) is 35.5 Å². The third-order valence-corrected chi connectivity index (χ3v) is 6.17. The monoisotopic (exact) mass is 460 g/mol. The van der Waals surface area contributed by atoms with E-state index in [4.69, 9.17) is 16.6 Å². The molecular weight excluding hydrogens is 440 g/mol. The third kappa shape index (κ3) is 4.86. The second-order valence-corrected chi connectivity index (χ2v) is 8.68. The van der Waals surface area contributed by atoms with Gasteiger partial charge in [-0.3, -0.25) is 19.8 Å². The Hall–Kier alpha value is -2.98. The van der Waals surface area contributed by atoms with Crippen LogP contribution in [0.25, 0.3) is 17.4 Å². The average molecular weight is 461 g/mol. The number of furan rings is 1. The maximum Gasteiger partial charge on any atom is 0.326 e. The first-order chi connectivity index (χ1) is 14.7. The van der Waals surface area contributed by atoms with Gasteiger partial charge in [-0.05, 0) is 25.5 Å². The Morgan fingerprint density at radius 1 is 1.39 bits per heavy atom. The molecule has 1 aromatic carbocycles. The van der Waals surface area contributed by atoms with Crippen LogP contribution in [0, 0.1) is 17.0 Å². The van der Waals surface area contributed by atoms with Crippen LogP contribution in [-0.4, -0.2) is 37.2 Å². The normalized spacial score (nSPS) is 16.2. The Bertz CT molecular complexity index is 1090. The molecule has 1 saturated heterocycles. The lowest BCUT2D eigenvalue weighted by Crippen LogP contribution is -2.43. The van der Waals surface area contributed by atoms with Crippen LogP contribution in [-0.2, 0) is 9.59 Å². The number of amides is 1. The smallest absolute Gasteiger partial charge is 0.326 e. The quantitative estimate of drug-likeness (QED) is 0.253. The van der Waals surface area contributed by atoms with Crippen molar-refractivity contribution < 1.29 is 24.0 Å². The van der Waals surface area contributed by atoms with Gasteiger partial charge in [-0.1, -0.05) is 55.9 Å². The van der Waals surface area contributed by atoms with Gasteiger partial charge in [0.25, 0.3) is 11.6 Å². The predicted octanol–water partition coefficient (Wildman–Crippen LogP) is 5.01. The van der Waals surface area contributed by atoms with Crippen LogP contribution in [0.2, 0.25) is 0 Å². The molecule has 0 radical (unpaired) electrons. The number of carbonyl (C=O) groups is 2. The van der Waals surface area contributed by atoms with Crippen molar-refractivity contribution >= 4 is 51.9 Å². The van der Waals surface area contributed by atoms with Crippen LogP contribution < -0.4 is 0 Å². The first-order valence-corrected chi connectivity index (χ1v) is 10.8. The fourth-order valence-electron chi connectivity index (χ4n) is 3.18. The number of rotatable bonds is 8. The van der Waals surface area contributed by atoms with E-state index in [2.05, 4.69) is 0 Å². The van der Waals surface area contributed by atoms with Gasteiger partial charge in [-0.2, -0.15) is 0 Å². The number of aryl methyl sites for hydroxylation is 1. The predicted molar refractivity (Wildman–Crippen MR) is 121 cm³/mol. The number of carboxylic acid groups (broad SMARTS) is 1. The van der Waals surface area contributed by atoms with E-state index in [1.54, 1.807) is 31.2 Å². The molecule has 162 valence electrons. The Morgan fingerprint density at radius 3 is 2.77 bits per heavy atom. The van der Waals surface area contributed by atoms with Crippen molar-refractivity contribution in [1.82, 2.24) is 4.90 Å². The molecule has 1 aliphatic rings. The SMILES string of the molecule is CCCC[C@H](C(=O)O)N1C(=O)/C(=C/c2ccc(-c3ccc(C)c([N+](=O)[O-])c3)o2)SC1=S. The standard InChI is InChI=1S/C21H20N2O6S2/c1-3-4-5-15(20(25)26)22-19(24)18(31-21(22)30)11-14-8-9-17(29-14)13-7-6-12(2)16(10-13)23(27)28/h6-11,15H,3-5H2,1-2H3,(H,25,26)/b18-11-/t15-/m1/s1. The van der Waals surface area contributed by atoms with Gasteiger partial charge in [0.05, 0.1) is 9.83 Å². The molecular formula is C21H20N2O6S2. The van der Waals surface area contributed by atoms with Gasteiger partial charge in [-0.25, -0.2) is 4.79 Å². The van der Waals surface area contributed by atoms with Gasteiger partial charge in [-0.15, -0.1) is 0 Å². The van der Waals surface area contributed by atoms with Gasteiger partial charge in [0.15, 0.2) is 0 Å². The van der Waals surface area contributed by atoms with E-state index in [9.17, 15) is 24.8 Å². The molecule has 3 rings (SSSR count). The zero-order chi connectivity index (χ0) is 22.7. The highest BCUT2D eigenvalue weighted by Crippen LogP contribution is 2.36. The summed E-state index contributed by atoms with van der Waals surface area (Å²) >= 11 is 6.28. The molecule has 1 fully saturated rings. The van der Waals surface area contributed by atoms with Crippen molar-refractivity contribution in [2.45, 2.75) is 39.2 Å². The number of benzene rings is 1. The molecule has 0 saturated carbocycles. The molecule has 0 bridgehead atoms. The number of nitrogens with zero attached hydrogens (tertiary/aromatic N) is 2. The summed E-state index contributed by atoms with van der Waals surface area (Å²) in [6.45, 7) is 3.60. The highest BCUT2D eigenvalue weighted by Gasteiger charge is 2.40. The molecule has 1 aromatic heterocycles. The van der Waals surface area contributed by atoms with Gasteiger partial charge < -0.3 is 9.52 Å². The summed E-state index contributed by atoms with van der Waals surface area (Å²) in [4.78, 5) is 36.6. The van der Waals surface area contributed by atoms with Crippen LogP contribution in [0.15, 0.2) is 39.7 Å². The summed E-state index contributed by atoms with van der Waals surface area (Å²) < 4.78 is 5.95. The first kappa shape index (κ1) is 22.7. The van der Waals surface area contributed by atoms with Crippen LogP contribution in [0.1, 0.15) is 37.5 Å². The molecule has 31 heavy (non-hydrogen) atoms. The van der Waals surface area contributed by atoms with Crippen molar-refractivity contribution in [1.29, 1.82) is 0 Å². The van der Waals surface area contributed by atoms with Gasteiger partial charge in [0.2, 0.25) is 0 Å². The minimum atomic E-state index is -1.09. The van der Waals surface area contributed by atoms with Gasteiger partial charge >= 0.3 is 5.97 Å². The van der Waals surface area contributed by atoms with Crippen LogP contribution in [0.3, 0.4) is 0 Å². The fraction of sp³-hybridized carbons (Fsp3) is 0.286. The van der Waals surface area contributed by atoms with Crippen molar-refractivity contribution in [3.63, 3.8) is 0 Å². The molecule has 2 heterocycles. The van der Waals surface area contributed by atoms with Crippen molar-refractivity contribution in [2.75, 3.05) is 0 Å². The number of aliphatic carboxylic acids is 1. The number of hydrogen-bond donors (Lipinski definition) is 1. The number of thiocarbonyl (C=S) groups is 1. The second kappa shape index (κ2) is 9.44. The van der Waals surface area contributed by atoms with E-state index in [1.807, 2.05) is 6.92 Å². The molecule has 0 unspecified atom stereocenters. The van der Waals surface area contributed by atoms with Crippen LogP contribution in [0.4, 0.5) is 5.69 Å². The molecule has 1 N–H and O–H groups in total. The van der Waals surface area contributed by atoms with E-state index < -0.39 is 22.8 Å². The second-order valence-electron chi connectivity index (χ2n) is 7.01. The van der Waals surface area contributed by atoms with E-state index in [-0.39, 0.29) is 14.9 Å². The summed E-state index contributed by atoms with van der Waals surface area (Å²) in [6.07, 6.45) is 3.30. The minimum Gasteiger partial charge on any atom is -0.480 e. The van der Waals surface area contributed by atoms with Crippen LogP contribution in [0.5, 0.6) is 0 Å². The van der Waals surface area contributed by atoms with Crippen molar-refractivity contribution in [2.24, 2.45) is 0 Å². The molecule has 10 heteroatoms. The molecule has 0 aliphatic carbocycles. The molecule has 1 atom stereocenters. The summed E-state index contributed by atoms with van der Waals surface area (Å²) in [5.74, 6) is -0.787. The topological polar surface area (TPSA) is 114 Å². The Morgan fingerprint density at radius 2 is 2.13 bits per heavy atom. The zero-order valence-electron chi connectivity index (χ0n) is 16.9. The lowest BCUT2D eigenvalue weighted by atomic mass is 10.1. The molecule has 1 aliphatic heterocycles. The van der Waals surface area contributed by atoms with E-state index in [1.165, 1.54) is 12.1 Å². The Kier molecular flexibility index (Phi) is 6.91. The van der Waals surface area contributed by atoms with Gasteiger partial charge in [0, 0.05) is 23.3 Å². The maximum absolute atomic E-state index is 12.8. The minimum absolute atomic E-state index is 0.0110. The lowest BCUT2D eigenvalue weighted by Gasteiger charge is -2.22. The van der Waals surface area contributed by atoms with Crippen LogP contribution >= 0.6 is 24.0 Å². The maximum atomic E-state index is 12.8. The molecule has 2 aromatic rings. The molecule has 8 nitrogen and oxygen atoms in total. The third-order valence-electron chi connectivity index (χ3n) is 4.84. The Balaban J connectivity index is 1.85.